The fourth-order valence-corrected chi connectivity index (χ4v) is 2.33. The number of amidine groups is 1. The number of hydrogen-bond donors (Lipinski definition) is 1. The Bertz CT molecular complexity index is 309. The number of carboxylic acid groups (broad SMARTS) is 1. The molecule has 0 aromatic carbocycles. The van der Waals surface area contributed by atoms with Gasteiger partial charge in [-0.2, -0.15) is 0 Å². The molecular weight excluding hydrogens is 176 g/mol. The number of carbonyl (C=O) groups is 1. The second-order valence-corrected chi connectivity index (χ2v) is 3.62. The fraction of sp³-hybridized carbons (Fsp3) is 0.429. The number of nitrogens with zero attached hydrogens (tertiary/aromatic N) is 2. The molecule has 0 aliphatic carbocycles. The fourth-order valence-electron chi connectivity index (χ4n) is 1.31. The number of carboxylic acids is 1. The number of allylic oxidation sites excluding steroid dienone is 1. The summed E-state index contributed by atoms with van der Waals surface area (Å²) in [6.07, 6.45) is 0. The van der Waals surface area contributed by atoms with Crippen LogP contribution < -0.4 is 0 Å². The van der Waals surface area contributed by atoms with E-state index in [1.807, 2.05) is 11.8 Å². The highest BCUT2D eigenvalue weighted by Gasteiger charge is 2.32. The van der Waals surface area contributed by atoms with E-state index in [-0.39, 0.29) is 0 Å². The topological polar surface area (TPSA) is 52.9 Å². The molecular formula is C7H8N2O2S. The van der Waals surface area contributed by atoms with E-state index in [0.29, 0.717) is 4.91 Å². The van der Waals surface area contributed by atoms with Gasteiger partial charge in [0.15, 0.2) is 5.17 Å². The third-order valence-corrected chi connectivity index (χ3v) is 3.13. The van der Waals surface area contributed by atoms with Crippen LogP contribution in [0.15, 0.2) is 15.6 Å². The molecule has 0 unspecified atom stereocenters. The normalized spacial score (nSPS) is 21.4. The first-order chi connectivity index (χ1) is 5.70. The van der Waals surface area contributed by atoms with Crippen molar-refractivity contribution in [2.24, 2.45) is 4.99 Å². The average molecular weight is 184 g/mol. The average Bonchev–Trinajstić information content (AvgIpc) is 2.53. The molecule has 2 rings (SSSR count). The van der Waals surface area contributed by atoms with E-state index >= 15 is 0 Å². The van der Waals surface area contributed by atoms with E-state index in [1.54, 1.807) is 0 Å². The van der Waals surface area contributed by atoms with Crippen molar-refractivity contribution >= 4 is 22.9 Å². The van der Waals surface area contributed by atoms with Gasteiger partial charge in [0, 0.05) is 12.2 Å². The number of thioether (sulfide) groups is 1. The summed E-state index contributed by atoms with van der Waals surface area (Å²) in [7, 11) is 0. The van der Waals surface area contributed by atoms with E-state index in [0.717, 1.165) is 24.0 Å². The van der Waals surface area contributed by atoms with Gasteiger partial charge in [-0.25, -0.2) is 4.79 Å². The van der Waals surface area contributed by atoms with Crippen LogP contribution in [0.25, 0.3) is 0 Å². The largest absolute Gasteiger partial charge is 0.477 e. The molecule has 64 valence electrons. The van der Waals surface area contributed by atoms with E-state index in [1.165, 1.54) is 11.8 Å². The van der Waals surface area contributed by atoms with Crippen LogP contribution in [0.3, 0.4) is 0 Å². The summed E-state index contributed by atoms with van der Waals surface area (Å²) in [5, 5.41) is 9.62. The van der Waals surface area contributed by atoms with Gasteiger partial charge in [0.05, 0.1) is 6.54 Å². The van der Waals surface area contributed by atoms with Crippen molar-refractivity contribution in [3.05, 3.63) is 10.6 Å². The highest BCUT2D eigenvalue weighted by atomic mass is 32.2. The summed E-state index contributed by atoms with van der Waals surface area (Å²) in [4.78, 5) is 17.2. The lowest BCUT2D eigenvalue weighted by molar-refractivity contribution is -0.131. The maximum absolute atomic E-state index is 10.7. The lowest BCUT2D eigenvalue weighted by Crippen LogP contribution is -2.19. The summed E-state index contributed by atoms with van der Waals surface area (Å²) in [5.74, 6) is -0.852. The maximum Gasteiger partial charge on any atom is 0.344 e. The summed E-state index contributed by atoms with van der Waals surface area (Å²) in [6.45, 7) is 3.43. The third kappa shape index (κ3) is 0.929. The molecule has 0 fully saturated rings. The van der Waals surface area contributed by atoms with Crippen molar-refractivity contribution in [3.63, 3.8) is 0 Å². The first kappa shape index (κ1) is 7.67. The molecule has 2 aliphatic rings. The first-order valence-electron chi connectivity index (χ1n) is 3.64. The monoisotopic (exact) mass is 184 g/mol. The van der Waals surface area contributed by atoms with Crippen molar-refractivity contribution < 1.29 is 9.90 Å². The van der Waals surface area contributed by atoms with Crippen molar-refractivity contribution in [2.75, 3.05) is 13.1 Å². The van der Waals surface area contributed by atoms with Crippen LogP contribution in [0.5, 0.6) is 0 Å². The molecule has 0 radical (unpaired) electrons. The van der Waals surface area contributed by atoms with E-state index in [9.17, 15) is 4.79 Å². The minimum absolute atomic E-state index is 0.411. The molecule has 1 N–H and O–H groups in total. The minimum Gasteiger partial charge on any atom is -0.477 e. The van der Waals surface area contributed by atoms with Gasteiger partial charge < -0.3 is 10.0 Å². The smallest absolute Gasteiger partial charge is 0.344 e. The summed E-state index contributed by atoms with van der Waals surface area (Å²) < 4.78 is 0. The zero-order chi connectivity index (χ0) is 8.72. The second-order valence-electron chi connectivity index (χ2n) is 2.64. The molecule has 2 aliphatic heterocycles. The molecule has 12 heavy (non-hydrogen) atoms. The van der Waals surface area contributed by atoms with Crippen LogP contribution in [-0.2, 0) is 4.79 Å². The number of fused-ring (bicyclic) bond motifs is 1. The van der Waals surface area contributed by atoms with Crippen LogP contribution in [0, 0.1) is 0 Å². The number of hydrogen-bond acceptors (Lipinski definition) is 4. The van der Waals surface area contributed by atoms with Crippen LogP contribution in [0.2, 0.25) is 0 Å². The zero-order valence-corrected chi connectivity index (χ0v) is 7.39. The molecule has 0 saturated carbocycles. The van der Waals surface area contributed by atoms with Crippen molar-refractivity contribution in [1.82, 2.24) is 4.90 Å². The predicted molar refractivity (Wildman–Crippen MR) is 46.9 cm³/mol. The lowest BCUT2D eigenvalue weighted by atomic mass is 10.4. The highest BCUT2D eigenvalue weighted by Crippen LogP contribution is 2.35. The van der Waals surface area contributed by atoms with Gasteiger partial charge in [-0.1, -0.05) is 0 Å². The van der Waals surface area contributed by atoms with E-state index in [4.69, 9.17) is 5.11 Å². The molecule has 2 heterocycles. The maximum atomic E-state index is 10.7. The molecule has 0 spiro atoms. The van der Waals surface area contributed by atoms with Gasteiger partial charge in [-0.05, 0) is 18.7 Å². The molecule has 0 bridgehead atoms. The number of aliphatic carboxylic acids is 1. The Balaban J connectivity index is 2.33. The molecule has 5 heteroatoms. The molecule has 0 aromatic rings. The van der Waals surface area contributed by atoms with E-state index < -0.39 is 5.97 Å². The predicted octanol–water partition coefficient (Wildman–Crippen LogP) is 0.721. The number of rotatable bonds is 1. The quantitative estimate of drug-likeness (QED) is 0.652. The Kier molecular flexibility index (Phi) is 1.61. The third-order valence-electron chi connectivity index (χ3n) is 1.92. The van der Waals surface area contributed by atoms with Crippen LogP contribution >= 0.6 is 11.8 Å². The molecule has 4 nitrogen and oxygen atoms in total. The van der Waals surface area contributed by atoms with Gasteiger partial charge in [-0.3, -0.25) is 4.99 Å². The second kappa shape index (κ2) is 2.52. The first-order valence-corrected chi connectivity index (χ1v) is 4.46. The zero-order valence-electron chi connectivity index (χ0n) is 6.57. The Labute approximate surface area is 74.0 Å². The van der Waals surface area contributed by atoms with Crippen molar-refractivity contribution in [3.8, 4) is 0 Å². The van der Waals surface area contributed by atoms with Crippen molar-refractivity contribution in [2.45, 2.75) is 6.92 Å². The molecule has 0 aromatic heterocycles. The Hall–Kier alpha value is -0.970. The summed E-state index contributed by atoms with van der Waals surface area (Å²) in [5.41, 5.74) is 0.823. The van der Waals surface area contributed by atoms with E-state index in [2.05, 4.69) is 4.99 Å². The Morgan fingerprint density at radius 1 is 1.75 bits per heavy atom. The van der Waals surface area contributed by atoms with Crippen molar-refractivity contribution in [1.29, 1.82) is 0 Å². The SMILES string of the molecule is CC1=C(C(=O)O)SC2=NCCN21. The van der Waals surface area contributed by atoms with Gasteiger partial charge >= 0.3 is 5.97 Å². The number of aliphatic imine (C=N–C) groups is 1. The Morgan fingerprint density at radius 2 is 2.50 bits per heavy atom. The molecule has 0 saturated heterocycles. The molecule has 0 amide bonds. The van der Waals surface area contributed by atoms with Crippen LogP contribution in [-0.4, -0.2) is 34.2 Å². The van der Waals surface area contributed by atoms with Gasteiger partial charge in [0.25, 0.3) is 0 Å². The molecule has 0 atom stereocenters. The van der Waals surface area contributed by atoms with Crippen LogP contribution in [0.1, 0.15) is 6.92 Å². The van der Waals surface area contributed by atoms with Crippen LogP contribution in [0.4, 0.5) is 0 Å². The highest BCUT2D eigenvalue weighted by molar-refractivity contribution is 8.18. The lowest BCUT2D eigenvalue weighted by Gasteiger charge is -2.11. The summed E-state index contributed by atoms with van der Waals surface area (Å²) in [6, 6.07) is 0. The van der Waals surface area contributed by atoms with Gasteiger partial charge in [0.1, 0.15) is 4.91 Å². The minimum atomic E-state index is -0.852. The Morgan fingerprint density at radius 3 is 3.08 bits per heavy atom. The van der Waals surface area contributed by atoms with Gasteiger partial charge in [0.2, 0.25) is 0 Å². The standard InChI is InChI=1S/C7H8N2O2S/c1-4-5(6(10)11)12-7-8-2-3-9(4)7/h2-3H2,1H3,(H,10,11). The van der Waals surface area contributed by atoms with Gasteiger partial charge in [-0.15, -0.1) is 0 Å². The summed E-state index contributed by atoms with van der Waals surface area (Å²) >= 11 is 1.25.